The van der Waals surface area contributed by atoms with Gasteiger partial charge in [-0.05, 0) is 37.3 Å². The molecule has 0 amide bonds. The summed E-state index contributed by atoms with van der Waals surface area (Å²) < 4.78 is 0. The Labute approximate surface area is 77.1 Å². The molecule has 1 aliphatic rings. The van der Waals surface area contributed by atoms with Gasteiger partial charge >= 0.3 is 0 Å². The van der Waals surface area contributed by atoms with Crippen LogP contribution in [0.1, 0.15) is 34.1 Å². The maximum absolute atomic E-state index is 2.45. The van der Waals surface area contributed by atoms with Crippen molar-refractivity contribution in [3.05, 3.63) is 0 Å². The Balaban J connectivity index is 2.66. The highest BCUT2D eigenvalue weighted by Gasteiger charge is 2.37. The molecule has 0 aromatic heterocycles. The molecule has 0 aromatic carbocycles. The van der Waals surface area contributed by atoms with E-state index >= 15 is 0 Å². The Morgan fingerprint density at radius 3 is 2.42 bits per heavy atom. The summed E-state index contributed by atoms with van der Waals surface area (Å²) in [4.78, 5) is 2.45. The van der Waals surface area contributed by atoms with Crippen molar-refractivity contribution in [3.63, 3.8) is 0 Å². The summed E-state index contributed by atoms with van der Waals surface area (Å²) in [6.07, 6.45) is 1.36. The van der Waals surface area contributed by atoms with Crippen molar-refractivity contribution in [1.29, 1.82) is 0 Å². The molecule has 1 fully saturated rings. The lowest BCUT2D eigenvalue weighted by Crippen LogP contribution is -2.45. The zero-order valence-electron chi connectivity index (χ0n) is 9.22. The first kappa shape index (κ1) is 10.0. The van der Waals surface area contributed by atoms with E-state index in [4.69, 9.17) is 0 Å². The highest BCUT2D eigenvalue weighted by atomic mass is 15.1. The Kier molecular flexibility index (Phi) is 2.82. The van der Waals surface area contributed by atoms with Crippen molar-refractivity contribution in [1.82, 2.24) is 4.90 Å². The Morgan fingerprint density at radius 2 is 2.00 bits per heavy atom. The van der Waals surface area contributed by atoms with Crippen LogP contribution in [-0.4, -0.2) is 25.0 Å². The second-order valence-corrected chi connectivity index (χ2v) is 5.07. The molecule has 0 aliphatic carbocycles. The fraction of sp³-hybridized carbons (Fsp3) is 1.00. The number of hydrogen-bond donors (Lipinski definition) is 0. The van der Waals surface area contributed by atoms with Crippen LogP contribution in [0.3, 0.4) is 0 Å². The normalized spacial score (nSPS) is 39.0. The molecule has 0 radical (unpaired) electrons. The van der Waals surface area contributed by atoms with Gasteiger partial charge in [-0.2, -0.15) is 0 Å². The lowest BCUT2D eigenvalue weighted by molar-refractivity contribution is 0.0311. The molecule has 0 saturated carbocycles. The van der Waals surface area contributed by atoms with Crippen molar-refractivity contribution in [3.8, 4) is 0 Å². The molecule has 2 atom stereocenters. The second kappa shape index (κ2) is 3.37. The fourth-order valence-corrected chi connectivity index (χ4v) is 2.30. The van der Waals surface area contributed by atoms with Crippen LogP contribution >= 0.6 is 0 Å². The fourth-order valence-electron chi connectivity index (χ4n) is 2.30. The van der Waals surface area contributed by atoms with E-state index in [1.165, 1.54) is 19.5 Å². The second-order valence-electron chi connectivity index (χ2n) is 5.07. The summed E-state index contributed by atoms with van der Waals surface area (Å²) in [6, 6.07) is 0. The van der Waals surface area contributed by atoms with E-state index < -0.39 is 0 Å². The molecular formula is C11H23N. The minimum absolute atomic E-state index is 0.576. The predicted molar refractivity (Wildman–Crippen MR) is 54.2 cm³/mol. The van der Waals surface area contributed by atoms with Gasteiger partial charge in [0.15, 0.2) is 0 Å². The van der Waals surface area contributed by atoms with Crippen LogP contribution < -0.4 is 0 Å². The molecule has 0 unspecified atom stereocenters. The topological polar surface area (TPSA) is 3.24 Å². The highest BCUT2D eigenvalue weighted by molar-refractivity contribution is 4.88. The lowest BCUT2D eigenvalue weighted by atomic mass is 9.66. The largest absolute Gasteiger partial charge is 0.306 e. The summed E-state index contributed by atoms with van der Waals surface area (Å²) in [5.41, 5.74) is 0.576. The third-order valence-electron chi connectivity index (χ3n) is 4.06. The molecule has 0 aromatic rings. The number of likely N-dealkylation sites (tertiary alicyclic amines) is 1. The molecule has 1 heterocycles. The van der Waals surface area contributed by atoms with Gasteiger partial charge in [0.2, 0.25) is 0 Å². The molecule has 1 heteroatoms. The molecule has 1 aliphatic heterocycles. The van der Waals surface area contributed by atoms with Crippen molar-refractivity contribution in [2.24, 2.45) is 17.3 Å². The number of hydrogen-bond acceptors (Lipinski definition) is 1. The van der Waals surface area contributed by atoms with Crippen molar-refractivity contribution < 1.29 is 0 Å². The SMILES string of the molecule is CC(C)[C@]1(C)CCN(C)C[C@@H]1C. The van der Waals surface area contributed by atoms with E-state index in [9.17, 15) is 0 Å². The third kappa shape index (κ3) is 1.66. The van der Waals surface area contributed by atoms with E-state index in [0.29, 0.717) is 5.41 Å². The van der Waals surface area contributed by atoms with E-state index in [1.54, 1.807) is 0 Å². The summed E-state index contributed by atoms with van der Waals surface area (Å²) in [5, 5.41) is 0. The summed E-state index contributed by atoms with van der Waals surface area (Å²) in [6.45, 7) is 12.1. The average Bonchev–Trinajstić information content (AvgIpc) is 1.97. The van der Waals surface area contributed by atoms with Gasteiger partial charge in [-0.3, -0.25) is 0 Å². The summed E-state index contributed by atoms with van der Waals surface area (Å²) in [7, 11) is 2.23. The third-order valence-corrected chi connectivity index (χ3v) is 4.06. The molecule has 0 spiro atoms. The highest BCUT2D eigenvalue weighted by Crippen LogP contribution is 2.41. The van der Waals surface area contributed by atoms with E-state index in [0.717, 1.165) is 11.8 Å². The van der Waals surface area contributed by atoms with Crippen LogP contribution in [-0.2, 0) is 0 Å². The number of piperidine rings is 1. The molecule has 0 bridgehead atoms. The standard InChI is InChI=1S/C11H23N/c1-9(2)11(4)6-7-12(5)8-10(11)3/h9-10H,6-8H2,1-5H3/t10-,11-/m0/s1. The number of nitrogens with zero attached hydrogens (tertiary/aromatic N) is 1. The van der Waals surface area contributed by atoms with Gasteiger partial charge in [-0.1, -0.05) is 27.7 Å². The van der Waals surface area contributed by atoms with Gasteiger partial charge in [0, 0.05) is 6.54 Å². The first-order chi connectivity index (χ1) is 5.47. The van der Waals surface area contributed by atoms with Crippen LogP contribution in [0.2, 0.25) is 0 Å². The first-order valence-corrected chi connectivity index (χ1v) is 5.15. The average molecular weight is 169 g/mol. The van der Waals surface area contributed by atoms with Gasteiger partial charge in [-0.15, -0.1) is 0 Å². The quantitative estimate of drug-likeness (QED) is 0.583. The van der Waals surface area contributed by atoms with Gasteiger partial charge in [0.1, 0.15) is 0 Å². The van der Waals surface area contributed by atoms with Gasteiger partial charge in [0.05, 0.1) is 0 Å². The minimum atomic E-state index is 0.576. The van der Waals surface area contributed by atoms with Crippen molar-refractivity contribution in [2.75, 3.05) is 20.1 Å². The van der Waals surface area contributed by atoms with Gasteiger partial charge in [0.25, 0.3) is 0 Å². The maximum atomic E-state index is 2.45. The molecule has 12 heavy (non-hydrogen) atoms. The number of rotatable bonds is 1. The molecule has 72 valence electrons. The van der Waals surface area contributed by atoms with Crippen LogP contribution in [0.15, 0.2) is 0 Å². The Bertz CT molecular complexity index is 153. The molecular weight excluding hydrogens is 146 g/mol. The smallest absolute Gasteiger partial charge is 0.000928 e. The maximum Gasteiger partial charge on any atom is 0.000928 e. The van der Waals surface area contributed by atoms with Crippen molar-refractivity contribution in [2.45, 2.75) is 34.1 Å². The Morgan fingerprint density at radius 1 is 1.42 bits per heavy atom. The van der Waals surface area contributed by atoms with E-state index in [2.05, 4.69) is 39.6 Å². The van der Waals surface area contributed by atoms with Crippen LogP contribution in [0.25, 0.3) is 0 Å². The van der Waals surface area contributed by atoms with Crippen LogP contribution in [0, 0.1) is 17.3 Å². The van der Waals surface area contributed by atoms with Crippen LogP contribution in [0.5, 0.6) is 0 Å². The summed E-state index contributed by atoms with van der Waals surface area (Å²) in [5.74, 6) is 1.66. The first-order valence-electron chi connectivity index (χ1n) is 5.15. The van der Waals surface area contributed by atoms with Gasteiger partial charge in [-0.25, -0.2) is 0 Å². The van der Waals surface area contributed by atoms with E-state index in [1.807, 2.05) is 0 Å². The van der Waals surface area contributed by atoms with Crippen molar-refractivity contribution >= 4 is 0 Å². The predicted octanol–water partition coefficient (Wildman–Crippen LogP) is 2.62. The monoisotopic (exact) mass is 169 g/mol. The van der Waals surface area contributed by atoms with Gasteiger partial charge < -0.3 is 4.90 Å². The zero-order chi connectivity index (χ0) is 9.35. The molecule has 1 rings (SSSR count). The Hall–Kier alpha value is -0.0400. The minimum Gasteiger partial charge on any atom is -0.306 e. The van der Waals surface area contributed by atoms with E-state index in [-0.39, 0.29) is 0 Å². The summed E-state index contributed by atoms with van der Waals surface area (Å²) >= 11 is 0. The molecule has 1 nitrogen and oxygen atoms in total. The molecule has 1 saturated heterocycles. The molecule has 0 N–H and O–H groups in total. The van der Waals surface area contributed by atoms with Crippen LogP contribution in [0.4, 0.5) is 0 Å². The lowest BCUT2D eigenvalue weighted by Gasteiger charge is -2.46. The zero-order valence-corrected chi connectivity index (χ0v) is 9.22.